The van der Waals surface area contributed by atoms with Crippen molar-refractivity contribution in [3.8, 4) is 0 Å². The largest absolute Gasteiger partial charge is 0.343 e. The molecule has 1 amide bonds. The minimum absolute atomic E-state index is 0.387. The number of carbonyl (C=O) groups excluding carboxylic acids is 1. The summed E-state index contributed by atoms with van der Waals surface area (Å²) in [4.78, 5) is 14.1. The molecule has 0 aliphatic carbocycles. The van der Waals surface area contributed by atoms with E-state index >= 15 is 0 Å². The molecule has 1 N–H and O–H groups in total. The fourth-order valence-corrected chi connectivity index (χ4v) is 2.68. The van der Waals surface area contributed by atoms with Gasteiger partial charge in [0.05, 0.1) is 0 Å². The molecule has 0 atom stereocenters. The molecule has 106 valence electrons. The van der Waals surface area contributed by atoms with Gasteiger partial charge < -0.3 is 10.2 Å². The first kappa shape index (κ1) is 15.5. The van der Waals surface area contributed by atoms with E-state index < -0.39 is 0 Å². The Kier molecular flexibility index (Phi) is 8.06. The maximum atomic E-state index is 12.0. The van der Waals surface area contributed by atoms with Crippen LogP contribution >= 0.6 is 0 Å². The van der Waals surface area contributed by atoms with Crippen LogP contribution in [-0.4, -0.2) is 37.5 Å². The van der Waals surface area contributed by atoms with Crippen LogP contribution in [-0.2, 0) is 4.79 Å². The summed E-state index contributed by atoms with van der Waals surface area (Å²) < 4.78 is 0. The van der Waals surface area contributed by atoms with Gasteiger partial charge in [-0.15, -0.1) is 0 Å². The fraction of sp³-hybridized carbons (Fsp3) is 0.933. The van der Waals surface area contributed by atoms with Gasteiger partial charge in [0.15, 0.2) is 0 Å². The third-order valence-corrected chi connectivity index (χ3v) is 4.01. The second-order valence-electron chi connectivity index (χ2n) is 5.53. The Balaban J connectivity index is 2.11. The number of carbonyl (C=O) groups is 1. The van der Waals surface area contributed by atoms with Crippen LogP contribution in [0.4, 0.5) is 0 Å². The third-order valence-electron chi connectivity index (χ3n) is 4.01. The van der Waals surface area contributed by atoms with Crippen molar-refractivity contribution in [2.24, 2.45) is 5.92 Å². The van der Waals surface area contributed by atoms with Gasteiger partial charge in [-0.3, -0.25) is 4.79 Å². The van der Waals surface area contributed by atoms with Crippen LogP contribution in [0.3, 0.4) is 0 Å². The first-order valence-corrected chi connectivity index (χ1v) is 7.70. The van der Waals surface area contributed by atoms with Crippen LogP contribution in [0.5, 0.6) is 0 Å². The van der Waals surface area contributed by atoms with Crippen LogP contribution in [0.15, 0.2) is 0 Å². The van der Waals surface area contributed by atoms with E-state index in [1.807, 2.05) is 7.05 Å². The normalized spacial score (nSPS) is 17.1. The van der Waals surface area contributed by atoms with Crippen molar-refractivity contribution >= 4 is 5.91 Å². The number of likely N-dealkylation sites (tertiary alicyclic amines) is 1. The molecule has 1 aliphatic heterocycles. The SMILES string of the molecule is CCCCCCC(=O)N1CCC(CCNC)CC1. The third kappa shape index (κ3) is 5.85. The van der Waals surface area contributed by atoms with E-state index in [9.17, 15) is 4.79 Å². The molecule has 3 heteroatoms. The molecule has 18 heavy (non-hydrogen) atoms. The lowest BCUT2D eigenvalue weighted by Crippen LogP contribution is -2.38. The maximum absolute atomic E-state index is 12.0. The highest BCUT2D eigenvalue weighted by Gasteiger charge is 2.21. The number of hydrogen-bond donors (Lipinski definition) is 1. The predicted molar refractivity (Wildman–Crippen MR) is 76.6 cm³/mol. The van der Waals surface area contributed by atoms with Gasteiger partial charge in [0.2, 0.25) is 5.91 Å². The Morgan fingerprint density at radius 1 is 1.22 bits per heavy atom. The molecule has 1 fully saturated rings. The van der Waals surface area contributed by atoms with Crippen LogP contribution in [0.2, 0.25) is 0 Å². The second kappa shape index (κ2) is 9.37. The van der Waals surface area contributed by atoms with Gasteiger partial charge in [-0.2, -0.15) is 0 Å². The minimum Gasteiger partial charge on any atom is -0.343 e. The number of rotatable bonds is 8. The van der Waals surface area contributed by atoms with Crippen molar-refractivity contribution < 1.29 is 4.79 Å². The number of hydrogen-bond acceptors (Lipinski definition) is 2. The highest BCUT2D eigenvalue weighted by atomic mass is 16.2. The van der Waals surface area contributed by atoms with Crippen molar-refractivity contribution in [2.75, 3.05) is 26.7 Å². The summed E-state index contributed by atoms with van der Waals surface area (Å²) in [6.07, 6.45) is 9.21. The first-order chi connectivity index (χ1) is 8.77. The summed E-state index contributed by atoms with van der Waals surface area (Å²) in [6.45, 7) is 5.29. The van der Waals surface area contributed by atoms with Gasteiger partial charge in [-0.25, -0.2) is 0 Å². The van der Waals surface area contributed by atoms with E-state index in [0.717, 1.165) is 38.4 Å². The van der Waals surface area contributed by atoms with E-state index in [1.165, 1.54) is 38.5 Å². The summed E-state index contributed by atoms with van der Waals surface area (Å²) in [6, 6.07) is 0. The van der Waals surface area contributed by atoms with Crippen molar-refractivity contribution in [3.63, 3.8) is 0 Å². The van der Waals surface area contributed by atoms with Gasteiger partial charge in [0.1, 0.15) is 0 Å². The molecule has 1 rings (SSSR count). The van der Waals surface area contributed by atoms with E-state index in [2.05, 4.69) is 17.1 Å². The highest BCUT2D eigenvalue weighted by molar-refractivity contribution is 5.76. The zero-order chi connectivity index (χ0) is 13.2. The Hall–Kier alpha value is -0.570. The van der Waals surface area contributed by atoms with Crippen molar-refractivity contribution in [3.05, 3.63) is 0 Å². The summed E-state index contributed by atoms with van der Waals surface area (Å²) in [7, 11) is 2.01. The Morgan fingerprint density at radius 2 is 1.94 bits per heavy atom. The van der Waals surface area contributed by atoms with Crippen LogP contribution < -0.4 is 5.32 Å². The zero-order valence-corrected chi connectivity index (χ0v) is 12.2. The van der Waals surface area contributed by atoms with E-state index in [4.69, 9.17) is 0 Å². The smallest absolute Gasteiger partial charge is 0.222 e. The van der Waals surface area contributed by atoms with E-state index in [1.54, 1.807) is 0 Å². The van der Waals surface area contributed by atoms with Gasteiger partial charge in [0.25, 0.3) is 0 Å². The lowest BCUT2D eigenvalue weighted by atomic mass is 9.93. The lowest BCUT2D eigenvalue weighted by molar-refractivity contribution is -0.132. The summed E-state index contributed by atoms with van der Waals surface area (Å²) >= 11 is 0. The topological polar surface area (TPSA) is 32.3 Å². The number of nitrogens with zero attached hydrogens (tertiary/aromatic N) is 1. The van der Waals surface area contributed by atoms with E-state index in [0.29, 0.717) is 5.91 Å². The minimum atomic E-state index is 0.387. The van der Waals surface area contributed by atoms with E-state index in [-0.39, 0.29) is 0 Å². The number of amides is 1. The molecule has 0 bridgehead atoms. The maximum Gasteiger partial charge on any atom is 0.222 e. The molecular formula is C15H30N2O. The molecule has 0 aromatic rings. The molecule has 3 nitrogen and oxygen atoms in total. The summed E-state index contributed by atoms with van der Waals surface area (Å²) in [5.74, 6) is 1.21. The standard InChI is InChI=1S/C15H30N2O/c1-3-4-5-6-7-15(18)17-12-9-14(10-13-17)8-11-16-2/h14,16H,3-13H2,1-2H3. The summed E-state index contributed by atoms with van der Waals surface area (Å²) in [5, 5.41) is 3.21. The Labute approximate surface area is 112 Å². The molecule has 1 aliphatic rings. The Morgan fingerprint density at radius 3 is 2.56 bits per heavy atom. The molecule has 0 unspecified atom stereocenters. The molecule has 0 aromatic heterocycles. The average molecular weight is 254 g/mol. The zero-order valence-electron chi connectivity index (χ0n) is 12.2. The average Bonchev–Trinajstić information content (AvgIpc) is 2.41. The van der Waals surface area contributed by atoms with Crippen LogP contribution in [0.25, 0.3) is 0 Å². The molecule has 0 spiro atoms. The number of nitrogens with one attached hydrogen (secondary N) is 1. The summed E-state index contributed by atoms with van der Waals surface area (Å²) in [5.41, 5.74) is 0. The van der Waals surface area contributed by atoms with Crippen molar-refractivity contribution in [1.82, 2.24) is 10.2 Å². The molecule has 0 saturated carbocycles. The van der Waals surface area contributed by atoms with Gasteiger partial charge in [0, 0.05) is 19.5 Å². The van der Waals surface area contributed by atoms with Crippen LogP contribution in [0, 0.1) is 5.92 Å². The number of piperidine rings is 1. The molecular weight excluding hydrogens is 224 g/mol. The predicted octanol–water partition coefficient (Wildman–Crippen LogP) is 2.80. The Bertz CT molecular complexity index is 223. The highest BCUT2D eigenvalue weighted by Crippen LogP contribution is 2.20. The fourth-order valence-electron chi connectivity index (χ4n) is 2.68. The van der Waals surface area contributed by atoms with Crippen molar-refractivity contribution in [1.29, 1.82) is 0 Å². The number of unbranched alkanes of at least 4 members (excludes halogenated alkanes) is 3. The molecule has 0 aromatic carbocycles. The van der Waals surface area contributed by atoms with Gasteiger partial charge >= 0.3 is 0 Å². The van der Waals surface area contributed by atoms with Crippen LogP contribution in [0.1, 0.15) is 58.3 Å². The molecule has 1 heterocycles. The monoisotopic (exact) mass is 254 g/mol. The first-order valence-electron chi connectivity index (χ1n) is 7.70. The van der Waals surface area contributed by atoms with Crippen molar-refractivity contribution in [2.45, 2.75) is 58.3 Å². The lowest BCUT2D eigenvalue weighted by Gasteiger charge is -2.32. The molecule has 1 saturated heterocycles. The quantitative estimate of drug-likeness (QED) is 0.676. The van der Waals surface area contributed by atoms with Gasteiger partial charge in [-0.05, 0) is 45.2 Å². The molecule has 0 radical (unpaired) electrons. The second-order valence-corrected chi connectivity index (χ2v) is 5.53. The van der Waals surface area contributed by atoms with Gasteiger partial charge in [-0.1, -0.05) is 26.2 Å².